The minimum Gasteiger partial charge on any atom is -0.458 e. The summed E-state index contributed by atoms with van der Waals surface area (Å²) in [6, 6.07) is 0. The van der Waals surface area contributed by atoms with E-state index < -0.39 is 0 Å². The van der Waals surface area contributed by atoms with Crippen molar-refractivity contribution in [3.8, 4) is 0 Å². The van der Waals surface area contributed by atoms with Gasteiger partial charge in [-0.25, -0.2) is 0 Å². The predicted molar refractivity (Wildman–Crippen MR) is 68.1 cm³/mol. The zero-order valence-corrected chi connectivity index (χ0v) is 12.0. The third-order valence-electron chi connectivity index (χ3n) is 5.32. The number of fused-ring (bicyclic) bond motifs is 1. The molecule has 3 aliphatic rings. The number of hydrogen-bond donors (Lipinski definition) is 0. The number of rotatable bonds is 2. The second-order valence-electron chi connectivity index (χ2n) is 7.39. The van der Waals surface area contributed by atoms with Gasteiger partial charge in [-0.15, -0.1) is 0 Å². The Balaban J connectivity index is 1.69. The summed E-state index contributed by atoms with van der Waals surface area (Å²) in [4.78, 5) is 23.9. The first kappa shape index (κ1) is 12.9. The highest BCUT2D eigenvalue weighted by atomic mass is 16.6. The number of carbonyl (C=O) groups excluding carboxylic acids is 2. The van der Waals surface area contributed by atoms with Crippen LogP contribution in [0, 0.1) is 29.1 Å². The van der Waals surface area contributed by atoms with Gasteiger partial charge in [0.1, 0.15) is 12.2 Å². The van der Waals surface area contributed by atoms with Crippen molar-refractivity contribution in [1.82, 2.24) is 0 Å². The topological polar surface area (TPSA) is 52.6 Å². The van der Waals surface area contributed by atoms with Crippen LogP contribution in [-0.2, 0) is 19.1 Å². The Kier molecular flexibility index (Phi) is 2.70. The Labute approximate surface area is 113 Å². The van der Waals surface area contributed by atoms with Crippen molar-refractivity contribution < 1.29 is 19.1 Å². The van der Waals surface area contributed by atoms with Crippen molar-refractivity contribution in [3.05, 3.63) is 0 Å². The molecule has 106 valence electrons. The molecule has 3 rings (SSSR count). The van der Waals surface area contributed by atoms with E-state index >= 15 is 0 Å². The minimum absolute atomic E-state index is 0.0741. The monoisotopic (exact) mass is 266 g/mol. The number of ether oxygens (including phenoxy) is 2. The maximum atomic E-state index is 12.2. The molecule has 2 aliphatic carbocycles. The number of esters is 2. The molecule has 0 amide bonds. The van der Waals surface area contributed by atoms with E-state index in [9.17, 15) is 9.59 Å². The van der Waals surface area contributed by atoms with E-state index in [1.54, 1.807) is 0 Å². The van der Waals surface area contributed by atoms with Gasteiger partial charge in [-0.05, 0) is 18.3 Å². The average molecular weight is 266 g/mol. The van der Waals surface area contributed by atoms with E-state index in [4.69, 9.17) is 9.47 Å². The van der Waals surface area contributed by atoms with Crippen LogP contribution in [0.3, 0.4) is 0 Å². The Morgan fingerprint density at radius 1 is 1.37 bits per heavy atom. The first-order chi connectivity index (χ1) is 8.79. The van der Waals surface area contributed by atoms with Gasteiger partial charge in [0.25, 0.3) is 0 Å². The fraction of sp³-hybridized carbons (Fsp3) is 0.867. The fourth-order valence-electron chi connectivity index (χ4n) is 3.65. The zero-order valence-electron chi connectivity index (χ0n) is 12.0. The molecular formula is C15H22O4. The third kappa shape index (κ3) is 1.87. The summed E-state index contributed by atoms with van der Waals surface area (Å²) in [5.74, 6) is 0.289. The smallest absolute Gasteiger partial charge is 0.309 e. The highest BCUT2D eigenvalue weighted by Crippen LogP contribution is 2.55. The van der Waals surface area contributed by atoms with Gasteiger partial charge >= 0.3 is 11.9 Å². The number of hydrogen-bond acceptors (Lipinski definition) is 4. The molecule has 0 aromatic carbocycles. The lowest BCUT2D eigenvalue weighted by Crippen LogP contribution is -2.39. The summed E-state index contributed by atoms with van der Waals surface area (Å²) in [6.45, 7) is 8.00. The highest BCUT2D eigenvalue weighted by molar-refractivity contribution is 5.77. The quantitative estimate of drug-likeness (QED) is 0.719. The van der Waals surface area contributed by atoms with Crippen molar-refractivity contribution in [2.45, 2.75) is 52.7 Å². The van der Waals surface area contributed by atoms with Crippen molar-refractivity contribution in [3.63, 3.8) is 0 Å². The lowest BCUT2D eigenvalue weighted by molar-refractivity contribution is -0.168. The van der Waals surface area contributed by atoms with Crippen LogP contribution in [0.2, 0.25) is 0 Å². The van der Waals surface area contributed by atoms with Crippen molar-refractivity contribution in [1.29, 1.82) is 0 Å². The molecule has 0 N–H and O–H groups in total. The molecule has 0 aromatic rings. The predicted octanol–water partition coefficient (Wildman–Crippen LogP) is 2.16. The molecule has 3 fully saturated rings. The second kappa shape index (κ2) is 3.97. The van der Waals surface area contributed by atoms with Gasteiger partial charge in [0.2, 0.25) is 0 Å². The Morgan fingerprint density at radius 2 is 2.05 bits per heavy atom. The van der Waals surface area contributed by atoms with Crippen LogP contribution < -0.4 is 0 Å². The fourth-order valence-corrected chi connectivity index (χ4v) is 3.65. The van der Waals surface area contributed by atoms with Crippen LogP contribution in [0.15, 0.2) is 0 Å². The SMILES string of the molecule is CC(C(=O)OC1C2CC3C(=O)OC1C3C2)C(C)(C)C. The molecule has 1 aliphatic heterocycles. The summed E-state index contributed by atoms with van der Waals surface area (Å²) in [5, 5.41) is 0. The molecular weight excluding hydrogens is 244 g/mol. The Morgan fingerprint density at radius 3 is 2.68 bits per heavy atom. The van der Waals surface area contributed by atoms with Gasteiger partial charge in [-0.1, -0.05) is 27.7 Å². The normalized spacial score (nSPS) is 41.3. The summed E-state index contributed by atoms with van der Waals surface area (Å²) >= 11 is 0. The minimum atomic E-state index is -0.204. The van der Waals surface area contributed by atoms with Crippen molar-refractivity contribution in [2.75, 3.05) is 0 Å². The summed E-state index contributed by atoms with van der Waals surface area (Å²) in [7, 11) is 0. The standard InChI is InChI=1S/C15H22O4/c1-7(15(2,3)4)13(16)18-11-8-5-9-10(6-8)14(17)19-12(9)11/h7-12H,5-6H2,1-4H3. The number of carbonyl (C=O) groups is 2. The maximum absolute atomic E-state index is 12.2. The highest BCUT2D eigenvalue weighted by Gasteiger charge is 2.63. The molecule has 4 heteroatoms. The molecule has 19 heavy (non-hydrogen) atoms. The van der Waals surface area contributed by atoms with Gasteiger partial charge < -0.3 is 9.47 Å². The van der Waals surface area contributed by atoms with Gasteiger partial charge in [0, 0.05) is 11.8 Å². The van der Waals surface area contributed by atoms with Gasteiger partial charge in [-0.2, -0.15) is 0 Å². The molecule has 1 saturated heterocycles. The lowest BCUT2D eigenvalue weighted by Gasteiger charge is -2.30. The van der Waals surface area contributed by atoms with Gasteiger partial charge in [0.15, 0.2) is 0 Å². The van der Waals surface area contributed by atoms with Crippen molar-refractivity contribution in [2.24, 2.45) is 29.1 Å². The first-order valence-electron chi connectivity index (χ1n) is 7.20. The molecule has 2 saturated carbocycles. The summed E-state index contributed by atoms with van der Waals surface area (Å²) in [5.41, 5.74) is -0.108. The molecule has 0 spiro atoms. The van der Waals surface area contributed by atoms with E-state index in [0.717, 1.165) is 12.8 Å². The molecule has 4 nitrogen and oxygen atoms in total. The van der Waals surface area contributed by atoms with Crippen LogP contribution in [-0.4, -0.2) is 24.1 Å². The van der Waals surface area contributed by atoms with Crippen LogP contribution in [0.4, 0.5) is 0 Å². The van der Waals surface area contributed by atoms with E-state index in [-0.39, 0.29) is 41.4 Å². The zero-order chi connectivity index (χ0) is 13.9. The van der Waals surface area contributed by atoms with E-state index in [0.29, 0.717) is 11.8 Å². The van der Waals surface area contributed by atoms with Crippen LogP contribution in [0.25, 0.3) is 0 Å². The van der Waals surface area contributed by atoms with E-state index in [1.807, 2.05) is 27.7 Å². The average Bonchev–Trinajstić information content (AvgIpc) is 2.91. The van der Waals surface area contributed by atoms with E-state index in [2.05, 4.69) is 0 Å². The van der Waals surface area contributed by atoms with Crippen LogP contribution >= 0.6 is 0 Å². The lowest BCUT2D eigenvalue weighted by atomic mass is 9.82. The van der Waals surface area contributed by atoms with Gasteiger partial charge in [0.05, 0.1) is 11.8 Å². The third-order valence-corrected chi connectivity index (χ3v) is 5.32. The van der Waals surface area contributed by atoms with Crippen molar-refractivity contribution >= 4 is 11.9 Å². The maximum Gasteiger partial charge on any atom is 0.309 e. The van der Waals surface area contributed by atoms with E-state index in [1.165, 1.54) is 0 Å². The Hall–Kier alpha value is -1.06. The largest absolute Gasteiger partial charge is 0.458 e. The second-order valence-corrected chi connectivity index (χ2v) is 7.39. The molecule has 1 heterocycles. The molecule has 2 bridgehead atoms. The molecule has 6 unspecified atom stereocenters. The van der Waals surface area contributed by atoms with Crippen LogP contribution in [0.5, 0.6) is 0 Å². The van der Waals surface area contributed by atoms with Crippen LogP contribution in [0.1, 0.15) is 40.5 Å². The Bertz CT molecular complexity index is 422. The van der Waals surface area contributed by atoms with Gasteiger partial charge in [-0.3, -0.25) is 9.59 Å². The molecule has 0 aromatic heterocycles. The molecule has 0 radical (unpaired) electrons. The first-order valence-corrected chi connectivity index (χ1v) is 7.20. The summed E-state index contributed by atoms with van der Waals surface area (Å²) < 4.78 is 11.1. The molecule has 6 atom stereocenters. The summed E-state index contributed by atoms with van der Waals surface area (Å²) in [6.07, 6.45) is 1.43.